The van der Waals surface area contributed by atoms with Crippen LogP contribution < -0.4 is 5.32 Å². The summed E-state index contributed by atoms with van der Waals surface area (Å²) in [5.74, 6) is 2.32. The van der Waals surface area contributed by atoms with Gasteiger partial charge in [-0.2, -0.15) is 11.8 Å². The molecule has 17 heavy (non-hydrogen) atoms. The van der Waals surface area contributed by atoms with Crippen molar-refractivity contribution in [2.24, 2.45) is 0 Å². The van der Waals surface area contributed by atoms with Gasteiger partial charge in [-0.05, 0) is 33.4 Å². The normalized spacial score (nSPS) is 13.9. The van der Waals surface area contributed by atoms with Crippen LogP contribution in [0.1, 0.15) is 40.3 Å². The van der Waals surface area contributed by atoms with E-state index in [2.05, 4.69) is 50.2 Å². The number of nitrogens with one attached hydrogen (secondary N) is 1. The maximum Gasteiger partial charge on any atom is 0.0965 e. The fourth-order valence-corrected chi connectivity index (χ4v) is 2.05. The molecule has 1 N–H and O–H groups in total. The second-order valence-corrected chi connectivity index (χ2v) is 6.59. The predicted octanol–water partition coefficient (Wildman–Crippen LogP) is 2.26. The van der Waals surface area contributed by atoms with Crippen molar-refractivity contribution in [2.45, 2.75) is 52.7 Å². The van der Waals surface area contributed by atoms with E-state index in [1.54, 1.807) is 0 Å². The Morgan fingerprint density at radius 1 is 1.47 bits per heavy atom. The van der Waals surface area contributed by atoms with Crippen LogP contribution in [0.25, 0.3) is 0 Å². The summed E-state index contributed by atoms with van der Waals surface area (Å²) in [5.41, 5.74) is 1.02. The summed E-state index contributed by atoms with van der Waals surface area (Å²) in [6.45, 7) is 11.6. The number of rotatable bonds is 6. The third-order valence-electron chi connectivity index (χ3n) is 2.43. The van der Waals surface area contributed by atoms with Crippen molar-refractivity contribution in [1.82, 2.24) is 20.3 Å². The molecule has 1 unspecified atom stereocenters. The monoisotopic (exact) mass is 256 g/mol. The summed E-state index contributed by atoms with van der Waals surface area (Å²) in [5, 5.41) is 11.8. The highest BCUT2D eigenvalue weighted by Crippen LogP contribution is 2.11. The third-order valence-corrected chi connectivity index (χ3v) is 3.58. The van der Waals surface area contributed by atoms with Crippen LogP contribution in [0.2, 0.25) is 0 Å². The lowest BCUT2D eigenvalue weighted by Gasteiger charge is -2.17. The summed E-state index contributed by atoms with van der Waals surface area (Å²) in [4.78, 5) is 0. The van der Waals surface area contributed by atoms with Gasteiger partial charge in [0.15, 0.2) is 0 Å². The molecule has 0 saturated carbocycles. The number of hydrogen-bond acceptors (Lipinski definition) is 4. The first-order valence-corrected chi connectivity index (χ1v) is 7.31. The molecule has 98 valence electrons. The zero-order chi connectivity index (χ0) is 12.9. The molecule has 0 amide bonds. The smallest absolute Gasteiger partial charge is 0.0965 e. The average molecular weight is 256 g/mol. The van der Waals surface area contributed by atoms with Gasteiger partial charge in [0.1, 0.15) is 0 Å². The zero-order valence-electron chi connectivity index (χ0n) is 11.5. The van der Waals surface area contributed by atoms with Gasteiger partial charge in [0.25, 0.3) is 0 Å². The molecule has 4 nitrogen and oxygen atoms in total. The van der Waals surface area contributed by atoms with E-state index in [0.717, 1.165) is 18.0 Å². The molecule has 0 radical (unpaired) electrons. The highest BCUT2D eigenvalue weighted by Gasteiger charge is 2.15. The Bertz CT molecular complexity index is 329. The number of thioether (sulfide) groups is 1. The van der Waals surface area contributed by atoms with Crippen molar-refractivity contribution >= 4 is 11.8 Å². The van der Waals surface area contributed by atoms with Gasteiger partial charge in [0.05, 0.1) is 17.4 Å². The molecule has 1 rings (SSSR count). The van der Waals surface area contributed by atoms with Crippen LogP contribution >= 0.6 is 11.8 Å². The maximum absolute atomic E-state index is 4.18. The summed E-state index contributed by atoms with van der Waals surface area (Å²) >= 11 is 1.96. The van der Waals surface area contributed by atoms with Crippen LogP contribution in [0, 0.1) is 0 Å². The molecule has 0 aliphatic heterocycles. The van der Waals surface area contributed by atoms with Gasteiger partial charge in [0, 0.05) is 18.3 Å². The SMILES string of the molecule is CCSCC(C)NCc1cn(C(C)(C)C)nn1. The minimum Gasteiger partial charge on any atom is -0.308 e. The molecule has 0 aromatic carbocycles. The summed E-state index contributed by atoms with van der Waals surface area (Å²) in [6, 6.07) is 0.514. The number of aromatic nitrogens is 3. The molecule has 5 heteroatoms. The Labute approximate surface area is 109 Å². The first-order chi connectivity index (χ1) is 7.93. The lowest BCUT2D eigenvalue weighted by Crippen LogP contribution is -2.28. The van der Waals surface area contributed by atoms with Gasteiger partial charge in [-0.3, -0.25) is 0 Å². The highest BCUT2D eigenvalue weighted by molar-refractivity contribution is 7.99. The Hall–Kier alpha value is -0.550. The van der Waals surface area contributed by atoms with E-state index in [0.29, 0.717) is 6.04 Å². The molecule has 1 atom stereocenters. The van der Waals surface area contributed by atoms with Gasteiger partial charge >= 0.3 is 0 Å². The Kier molecular flexibility index (Phi) is 5.46. The fraction of sp³-hybridized carbons (Fsp3) is 0.833. The van der Waals surface area contributed by atoms with Crippen molar-refractivity contribution in [3.05, 3.63) is 11.9 Å². The van der Waals surface area contributed by atoms with Gasteiger partial charge in [-0.15, -0.1) is 5.10 Å². The molecule has 0 bridgehead atoms. The second kappa shape index (κ2) is 6.40. The van der Waals surface area contributed by atoms with Crippen LogP contribution in [0.5, 0.6) is 0 Å². The predicted molar refractivity (Wildman–Crippen MR) is 74.3 cm³/mol. The zero-order valence-corrected chi connectivity index (χ0v) is 12.3. The second-order valence-electron chi connectivity index (χ2n) is 5.27. The molecular formula is C12H24N4S. The van der Waals surface area contributed by atoms with Crippen molar-refractivity contribution in [2.75, 3.05) is 11.5 Å². The van der Waals surface area contributed by atoms with Crippen LogP contribution in [0.3, 0.4) is 0 Å². The Balaban J connectivity index is 2.40. The molecular weight excluding hydrogens is 232 g/mol. The summed E-state index contributed by atoms with van der Waals surface area (Å²) in [7, 11) is 0. The van der Waals surface area contributed by atoms with E-state index in [9.17, 15) is 0 Å². The van der Waals surface area contributed by atoms with Gasteiger partial charge < -0.3 is 5.32 Å². The van der Waals surface area contributed by atoms with Crippen LogP contribution in [0.15, 0.2) is 6.20 Å². The molecule has 0 aliphatic carbocycles. The average Bonchev–Trinajstić information content (AvgIpc) is 2.71. The van der Waals surface area contributed by atoms with E-state index in [4.69, 9.17) is 0 Å². The van der Waals surface area contributed by atoms with E-state index in [1.807, 2.05) is 22.6 Å². The molecule has 0 aliphatic rings. The molecule has 0 spiro atoms. The van der Waals surface area contributed by atoms with E-state index in [1.165, 1.54) is 5.75 Å². The first kappa shape index (κ1) is 14.5. The number of hydrogen-bond donors (Lipinski definition) is 1. The maximum atomic E-state index is 4.18. The van der Waals surface area contributed by atoms with Gasteiger partial charge in [-0.25, -0.2) is 4.68 Å². The highest BCUT2D eigenvalue weighted by atomic mass is 32.2. The standard InChI is InChI=1S/C12H24N4S/c1-6-17-9-10(2)13-7-11-8-16(15-14-11)12(3,4)5/h8,10,13H,6-7,9H2,1-5H3. The summed E-state index contributed by atoms with van der Waals surface area (Å²) < 4.78 is 1.91. The van der Waals surface area contributed by atoms with E-state index in [-0.39, 0.29) is 5.54 Å². The van der Waals surface area contributed by atoms with Crippen molar-refractivity contribution in [3.63, 3.8) is 0 Å². The molecule has 1 heterocycles. The minimum absolute atomic E-state index is 0.00886. The summed E-state index contributed by atoms with van der Waals surface area (Å²) in [6.07, 6.45) is 2.02. The largest absolute Gasteiger partial charge is 0.308 e. The number of nitrogens with zero attached hydrogens (tertiary/aromatic N) is 3. The van der Waals surface area contributed by atoms with Crippen LogP contribution in [-0.4, -0.2) is 32.5 Å². The Morgan fingerprint density at radius 3 is 2.71 bits per heavy atom. The molecule has 0 fully saturated rings. The molecule has 0 saturated heterocycles. The lowest BCUT2D eigenvalue weighted by molar-refractivity contribution is 0.347. The van der Waals surface area contributed by atoms with Crippen LogP contribution in [0.4, 0.5) is 0 Å². The fourth-order valence-electron chi connectivity index (χ4n) is 1.34. The minimum atomic E-state index is 0.00886. The van der Waals surface area contributed by atoms with Crippen molar-refractivity contribution < 1.29 is 0 Å². The quantitative estimate of drug-likeness (QED) is 0.848. The van der Waals surface area contributed by atoms with E-state index >= 15 is 0 Å². The van der Waals surface area contributed by atoms with E-state index < -0.39 is 0 Å². The Morgan fingerprint density at radius 2 is 2.18 bits per heavy atom. The van der Waals surface area contributed by atoms with Crippen molar-refractivity contribution in [1.29, 1.82) is 0 Å². The molecule has 1 aromatic heterocycles. The van der Waals surface area contributed by atoms with Gasteiger partial charge in [0.2, 0.25) is 0 Å². The van der Waals surface area contributed by atoms with Gasteiger partial charge in [-0.1, -0.05) is 12.1 Å². The first-order valence-electron chi connectivity index (χ1n) is 6.16. The van der Waals surface area contributed by atoms with Crippen molar-refractivity contribution in [3.8, 4) is 0 Å². The molecule has 1 aromatic rings. The topological polar surface area (TPSA) is 42.7 Å². The van der Waals surface area contributed by atoms with Crippen LogP contribution in [-0.2, 0) is 12.1 Å². The lowest BCUT2D eigenvalue weighted by atomic mass is 10.1. The third kappa shape index (κ3) is 5.08.